The molecule has 0 radical (unpaired) electrons. The van der Waals surface area contributed by atoms with Gasteiger partial charge >= 0.3 is 0 Å². The van der Waals surface area contributed by atoms with Gasteiger partial charge in [-0.2, -0.15) is 0 Å². The lowest BCUT2D eigenvalue weighted by atomic mass is 9.83. The fourth-order valence-corrected chi connectivity index (χ4v) is 4.17. The molecule has 1 atom stereocenters. The number of rotatable bonds is 6. The number of carbonyl (C=O) groups excluding carboxylic acids is 1. The maximum absolute atomic E-state index is 13.3. The van der Waals surface area contributed by atoms with Gasteiger partial charge in [-0.25, -0.2) is 4.98 Å². The van der Waals surface area contributed by atoms with Crippen molar-refractivity contribution in [3.8, 4) is 0 Å². The molecular weight excluding hydrogens is 392 g/mol. The summed E-state index contributed by atoms with van der Waals surface area (Å²) in [5, 5.41) is 0. The van der Waals surface area contributed by atoms with Crippen molar-refractivity contribution in [2.75, 3.05) is 0 Å². The average Bonchev–Trinajstić information content (AvgIpc) is 3.23. The van der Waals surface area contributed by atoms with E-state index in [-0.39, 0.29) is 17.1 Å². The second kappa shape index (κ2) is 8.96. The molecule has 0 aliphatic heterocycles. The van der Waals surface area contributed by atoms with E-state index in [0.717, 1.165) is 17.0 Å². The van der Waals surface area contributed by atoms with Gasteiger partial charge in [0.15, 0.2) is 5.78 Å². The van der Waals surface area contributed by atoms with Crippen molar-refractivity contribution < 1.29 is 4.79 Å². The summed E-state index contributed by atoms with van der Waals surface area (Å²) in [5.74, 6) is 1.10. The molecule has 3 heteroatoms. The first-order valence-electron chi connectivity index (χ1n) is 11.1. The van der Waals surface area contributed by atoms with Crippen LogP contribution in [0, 0.1) is 0 Å². The third-order valence-corrected chi connectivity index (χ3v) is 6.07. The Balaban J connectivity index is 1.74. The molecule has 0 saturated heterocycles. The Morgan fingerprint density at radius 1 is 0.906 bits per heavy atom. The van der Waals surface area contributed by atoms with E-state index in [4.69, 9.17) is 0 Å². The predicted octanol–water partition coefficient (Wildman–Crippen LogP) is 6.32. The summed E-state index contributed by atoms with van der Waals surface area (Å²) in [6.07, 6.45) is 4.52. The van der Waals surface area contributed by atoms with E-state index in [2.05, 4.69) is 60.7 Å². The lowest BCUT2D eigenvalue weighted by molar-refractivity contribution is 0.103. The number of aromatic nitrogens is 2. The average molecular weight is 423 g/mol. The maximum Gasteiger partial charge on any atom is 0.193 e. The summed E-state index contributed by atoms with van der Waals surface area (Å²) in [5.41, 5.74) is 5.11. The van der Waals surface area contributed by atoms with E-state index in [9.17, 15) is 4.79 Å². The highest BCUT2D eigenvalue weighted by atomic mass is 16.1. The molecule has 3 aromatic carbocycles. The summed E-state index contributed by atoms with van der Waals surface area (Å²) < 4.78 is 2.07. The molecule has 162 valence electrons. The number of hydrogen-bond donors (Lipinski definition) is 0. The lowest BCUT2D eigenvalue weighted by Gasteiger charge is -2.22. The molecule has 0 spiro atoms. The molecule has 4 rings (SSSR count). The maximum atomic E-state index is 13.3. The molecular formula is C29H30N2O. The quantitative estimate of drug-likeness (QED) is 0.341. The molecule has 0 amide bonds. The second-order valence-electron chi connectivity index (χ2n) is 9.38. The van der Waals surface area contributed by atoms with Crippen molar-refractivity contribution in [2.24, 2.45) is 7.05 Å². The van der Waals surface area contributed by atoms with E-state index < -0.39 is 0 Å². The molecule has 0 aliphatic rings. The Morgan fingerprint density at radius 2 is 1.56 bits per heavy atom. The first kappa shape index (κ1) is 21.8. The zero-order chi connectivity index (χ0) is 22.7. The molecule has 32 heavy (non-hydrogen) atoms. The van der Waals surface area contributed by atoms with Gasteiger partial charge in [0.25, 0.3) is 0 Å². The van der Waals surface area contributed by atoms with Crippen molar-refractivity contribution in [3.63, 3.8) is 0 Å². The van der Waals surface area contributed by atoms with E-state index in [0.29, 0.717) is 12.0 Å². The van der Waals surface area contributed by atoms with Crippen molar-refractivity contribution in [3.05, 3.63) is 125 Å². The lowest BCUT2D eigenvalue weighted by Crippen LogP contribution is -2.15. The highest BCUT2D eigenvalue weighted by Crippen LogP contribution is 2.31. The Bertz CT molecular complexity index is 1200. The van der Waals surface area contributed by atoms with Crippen LogP contribution in [0.4, 0.5) is 0 Å². The van der Waals surface area contributed by atoms with Gasteiger partial charge < -0.3 is 4.57 Å². The van der Waals surface area contributed by atoms with Gasteiger partial charge in [0.05, 0.1) is 0 Å². The van der Waals surface area contributed by atoms with Crippen LogP contribution in [0.15, 0.2) is 91.3 Å². The molecule has 1 aromatic heterocycles. The van der Waals surface area contributed by atoms with Crippen LogP contribution in [0.25, 0.3) is 0 Å². The summed E-state index contributed by atoms with van der Waals surface area (Å²) in [6, 6.07) is 26.3. The molecule has 0 aliphatic carbocycles. The first-order valence-corrected chi connectivity index (χ1v) is 11.1. The van der Waals surface area contributed by atoms with Gasteiger partial charge in [-0.1, -0.05) is 99.6 Å². The number of carbonyl (C=O) groups is 1. The molecule has 0 fully saturated rings. The van der Waals surface area contributed by atoms with Crippen LogP contribution in [0.5, 0.6) is 0 Å². The Morgan fingerprint density at radius 3 is 2.19 bits per heavy atom. The fourth-order valence-electron chi connectivity index (χ4n) is 4.17. The second-order valence-corrected chi connectivity index (χ2v) is 9.38. The standard InChI is InChI=1S/C29H30N2O/c1-29(2,3)24-16-14-21(15-17-24)26(28-30-18-19-31(28)4)20-23-12-8-9-13-25(23)27(32)22-10-6-5-7-11-22/h5-19,26H,20H2,1-4H3. The van der Waals surface area contributed by atoms with Gasteiger partial charge in [0.2, 0.25) is 0 Å². The minimum Gasteiger partial charge on any atom is -0.337 e. The number of aryl methyl sites for hydroxylation is 1. The molecule has 4 aromatic rings. The van der Waals surface area contributed by atoms with Gasteiger partial charge in [0.1, 0.15) is 5.82 Å². The van der Waals surface area contributed by atoms with E-state index >= 15 is 0 Å². The summed E-state index contributed by atoms with van der Waals surface area (Å²) in [6.45, 7) is 6.68. The Kier molecular flexibility index (Phi) is 6.09. The predicted molar refractivity (Wildman–Crippen MR) is 130 cm³/mol. The highest BCUT2D eigenvalue weighted by molar-refractivity contribution is 6.09. The van der Waals surface area contributed by atoms with Crippen molar-refractivity contribution >= 4 is 5.78 Å². The van der Waals surface area contributed by atoms with Crippen LogP contribution in [0.2, 0.25) is 0 Å². The van der Waals surface area contributed by atoms with Gasteiger partial charge in [0, 0.05) is 36.5 Å². The molecule has 0 saturated carbocycles. The van der Waals surface area contributed by atoms with E-state index in [1.165, 1.54) is 11.1 Å². The van der Waals surface area contributed by atoms with E-state index in [1.54, 1.807) is 0 Å². The molecule has 3 nitrogen and oxygen atoms in total. The third kappa shape index (κ3) is 4.57. The highest BCUT2D eigenvalue weighted by Gasteiger charge is 2.23. The number of imidazole rings is 1. The summed E-state index contributed by atoms with van der Waals surface area (Å²) in [4.78, 5) is 17.9. The van der Waals surface area contributed by atoms with Gasteiger partial charge in [-0.05, 0) is 28.5 Å². The summed E-state index contributed by atoms with van der Waals surface area (Å²) >= 11 is 0. The van der Waals surface area contributed by atoms with Crippen molar-refractivity contribution in [1.29, 1.82) is 0 Å². The Hall–Kier alpha value is -3.46. The Labute approximate surface area is 190 Å². The zero-order valence-corrected chi connectivity index (χ0v) is 19.2. The van der Waals surface area contributed by atoms with E-state index in [1.807, 2.05) is 68.0 Å². The number of ketones is 1. The van der Waals surface area contributed by atoms with Gasteiger partial charge in [-0.15, -0.1) is 0 Å². The zero-order valence-electron chi connectivity index (χ0n) is 19.2. The number of hydrogen-bond acceptors (Lipinski definition) is 2. The number of nitrogens with zero attached hydrogens (tertiary/aromatic N) is 2. The first-order chi connectivity index (χ1) is 15.3. The smallest absolute Gasteiger partial charge is 0.193 e. The summed E-state index contributed by atoms with van der Waals surface area (Å²) in [7, 11) is 2.03. The molecule has 1 unspecified atom stereocenters. The minimum atomic E-state index is 0.0498. The molecule has 1 heterocycles. The topological polar surface area (TPSA) is 34.9 Å². The minimum absolute atomic E-state index is 0.0498. The van der Waals surface area contributed by atoms with Crippen LogP contribution in [0.3, 0.4) is 0 Å². The largest absolute Gasteiger partial charge is 0.337 e. The van der Waals surface area contributed by atoms with Crippen LogP contribution in [0.1, 0.15) is 65.1 Å². The van der Waals surface area contributed by atoms with Crippen LogP contribution in [-0.4, -0.2) is 15.3 Å². The third-order valence-electron chi connectivity index (χ3n) is 6.07. The normalized spacial score (nSPS) is 12.5. The SMILES string of the molecule is Cn1ccnc1C(Cc1ccccc1C(=O)c1ccccc1)c1ccc(C(C)(C)C)cc1. The fraction of sp³-hybridized carbons (Fsp3) is 0.241. The number of benzene rings is 3. The van der Waals surface area contributed by atoms with Crippen molar-refractivity contribution in [2.45, 2.75) is 38.5 Å². The van der Waals surface area contributed by atoms with Crippen LogP contribution >= 0.6 is 0 Å². The monoisotopic (exact) mass is 422 g/mol. The van der Waals surface area contributed by atoms with Crippen LogP contribution < -0.4 is 0 Å². The molecule has 0 bridgehead atoms. The van der Waals surface area contributed by atoms with Crippen LogP contribution in [-0.2, 0) is 18.9 Å². The van der Waals surface area contributed by atoms with Gasteiger partial charge in [-0.3, -0.25) is 4.79 Å². The molecule has 0 N–H and O–H groups in total. The van der Waals surface area contributed by atoms with Crippen molar-refractivity contribution in [1.82, 2.24) is 9.55 Å².